The lowest BCUT2D eigenvalue weighted by Gasteiger charge is -2.21. The Morgan fingerprint density at radius 2 is 1.83 bits per heavy atom. The molecular formula is C10H22N3O3PS. The van der Waals surface area contributed by atoms with Crippen molar-refractivity contribution in [2.75, 3.05) is 13.2 Å². The maximum atomic E-state index is 12.4. The van der Waals surface area contributed by atoms with Crippen molar-refractivity contribution < 1.29 is 13.6 Å². The van der Waals surface area contributed by atoms with E-state index < -0.39 is 7.60 Å². The van der Waals surface area contributed by atoms with Crippen molar-refractivity contribution in [3.05, 3.63) is 0 Å². The zero-order valence-electron chi connectivity index (χ0n) is 11.5. The van der Waals surface area contributed by atoms with Crippen LogP contribution in [-0.4, -0.2) is 41.8 Å². The minimum atomic E-state index is -3.18. The van der Waals surface area contributed by atoms with E-state index >= 15 is 0 Å². The summed E-state index contributed by atoms with van der Waals surface area (Å²) in [5.74, 6) is 0. The van der Waals surface area contributed by atoms with E-state index in [9.17, 15) is 4.57 Å². The van der Waals surface area contributed by atoms with Crippen LogP contribution in [0.4, 0.5) is 0 Å². The first kappa shape index (κ1) is 17.5. The minimum Gasteiger partial charge on any atom is -0.375 e. The SMILES string of the molecule is CC(C)OP(=O)(CC=NN(C)C(N)=S)OC(C)C. The Kier molecular flexibility index (Phi) is 7.62. The first-order chi connectivity index (χ1) is 8.16. The summed E-state index contributed by atoms with van der Waals surface area (Å²) >= 11 is 4.72. The summed E-state index contributed by atoms with van der Waals surface area (Å²) in [6.07, 6.45) is 1.15. The highest BCUT2D eigenvalue weighted by molar-refractivity contribution is 7.80. The zero-order valence-corrected chi connectivity index (χ0v) is 13.2. The van der Waals surface area contributed by atoms with Crippen LogP contribution < -0.4 is 5.73 Å². The molecule has 0 atom stereocenters. The molecule has 0 aliphatic heterocycles. The van der Waals surface area contributed by atoms with E-state index in [2.05, 4.69) is 5.10 Å². The lowest BCUT2D eigenvalue weighted by Crippen LogP contribution is -2.27. The number of rotatable bonds is 7. The van der Waals surface area contributed by atoms with Gasteiger partial charge in [-0.05, 0) is 39.9 Å². The van der Waals surface area contributed by atoms with Crippen molar-refractivity contribution in [2.24, 2.45) is 10.8 Å². The normalized spacial score (nSPS) is 12.6. The second kappa shape index (κ2) is 7.84. The average molecular weight is 295 g/mol. The summed E-state index contributed by atoms with van der Waals surface area (Å²) in [5, 5.41) is 5.38. The highest BCUT2D eigenvalue weighted by Gasteiger charge is 2.26. The molecule has 0 heterocycles. The maximum Gasteiger partial charge on any atom is 0.336 e. The van der Waals surface area contributed by atoms with Crippen LogP contribution in [0.25, 0.3) is 0 Å². The maximum absolute atomic E-state index is 12.4. The first-order valence-corrected chi connectivity index (χ1v) is 7.81. The molecule has 0 bridgehead atoms. The van der Waals surface area contributed by atoms with Gasteiger partial charge in [0.25, 0.3) is 0 Å². The number of hydrazone groups is 1. The highest BCUT2D eigenvalue weighted by Crippen LogP contribution is 2.49. The number of hydrogen-bond acceptors (Lipinski definition) is 5. The van der Waals surface area contributed by atoms with Crippen LogP contribution in [-0.2, 0) is 13.6 Å². The van der Waals surface area contributed by atoms with E-state index in [0.717, 1.165) is 0 Å². The van der Waals surface area contributed by atoms with Crippen LogP contribution in [0.3, 0.4) is 0 Å². The predicted octanol–water partition coefficient (Wildman–Crippen LogP) is 2.19. The van der Waals surface area contributed by atoms with Crippen molar-refractivity contribution >= 4 is 31.1 Å². The molecule has 18 heavy (non-hydrogen) atoms. The Bertz CT molecular complexity index is 333. The summed E-state index contributed by atoms with van der Waals surface area (Å²) in [5.41, 5.74) is 5.36. The minimum absolute atomic E-state index is 0.0797. The Labute approximate surface area is 114 Å². The number of thiocarbonyl (C=S) groups is 1. The molecule has 0 radical (unpaired) electrons. The molecule has 106 valence electrons. The quantitative estimate of drug-likeness (QED) is 0.336. The van der Waals surface area contributed by atoms with Gasteiger partial charge in [0.15, 0.2) is 5.11 Å². The largest absolute Gasteiger partial charge is 0.375 e. The summed E-state index contributed by atoms with van der Waals surface area (Å²) in [7, 11) is -1.57. The van der Waals surface area contributed by atoms with Gasteiger partial charge in [-0.1, -0.05) is 0 Å². The van der Waals surface area contributed by atoms with Crippen LogP contribution in [0.15, 0.2) is 5.10 Å². The van der Waals surface area contributed by atoms with Gasteiger partial charge >= 0.3 is 7.60 Å². The van der Waals surface area contributed by atoms with Crippen LogP contribution in [0.2, 0.25) is 0 Å². The molecule has 0 fully saturated rings. The summed E-state index contributed by atoms with van der Waals surface area (Å²) < 4.78 is 23.1. The van der Waals surface area contributed by atoms with E-state index in [1.54, 1.807) is 34.7 Å². The summed E-state index contributed by atoms with van der Waals surface area (Å²) in [6.45, 7) is 7.20. The molecule has 0 aromatic carbocycles. The fourth-order valence-corrected chi connectivity index (χ4v) is 2.90. The van der Waals surface area contributed by atoms with Gasteiger partial charge in [0.2, 0.25) is 0 Å². The standard InChI is InChI=1S/C10H22N3O3PS/c1-8(2)15-17(14,16-9(3)4)7-6-12-13(5)10(11)18/h6,8-9H,7H2,1-5H3,(H2,11,18). The smallest absolute Gasteiger partial charge is 0.336 e. The molecule has 0 rings (SSSR count). The first-order valence-electron chi connectivity index (χ1n) is 5.67. The van der Waals surface area contributed by atoms with E-state index in [1.165, 1.54) is 11.2 Å². The molecule has 0 amide bonds. The van der Waals surface area contributed by atoms with E-state index in [1.807, 2.05) is 0 Å². The molecular weight excluding hydrogens is 273 g/mol. The van der Waals surface area contributed by atoms with Crippen LogP contribution >= 0.6 is 19.8 Å². The van der Waals surface area contributed by atoms with Crippen molar-refractivity contribution in [3.8, 4) is 0 Å². The van der Waals surface area contributed by atoms with Crippen LogP contribution in [0.5, 0.6) is 0 Å². The predicted molar refractivity (Wildman–Crippen MR) is 78.0 cm³/mol. The third-order valence-electron chi connectivity index (χ3n) is 1.62. The Morgan fingerprint density at radius 3 is 2.17 bits per heavy atom. The van der Waals surface area contributed by atoms with Gasteiger partial charge in [-0.2, -0.15) is 5.10 Å². The van der Waals surface area contributed by atoms with Crippen molar-refractivity contribution in [3.63, 3.8) is 0 Å². The second-order valence-corrected chi connectivity index (χ2v) is 6.69. The van der Waals surface area contributed by atoms with Gasteiger partial charge in [-0.15, -0.1) is 0 Å². The molecule has 6 nitrogen and oxygen atoms in total. The lowest BCUT2D eigenvalue weighted by molar-refractivity contribution is 0.145. The Hall–Kier alpha value is -0.490. The molecule has 0 aromatic heterocycles. The fourth-order valence-electron chi connectivity index (χ4n) is 1.07. The highest BCUT2D eigenvalue weighted by atomic mass is 32.1. The van der Waals surface area contributed by atoms with E-state index in [0.29, 0.717) is 0 Å². The van der Waals surface area contributed by atoms with Crippen LogP contribution in [0, 0.1) is 0 Å². The third kappa shape index (κ3) is 7.76. The van der Waals surface area contributed by atoms with Gasteiger partial charge in [-0.25, -0.2) is 5.01 Å². The molecule has 0 unspecified atom stereocenters. The molecule has 0 saturated heterocycles. The summed E-state index contributed by atoms with van der Waals surface area (Å²) in [6, 6.07) is 0. The number of nitrogens with two attached hydrogens (primary N) is 1. The van der Waals surface area contributed by atoms with Gasteiger partial charge in [0.05, 0.1) is 18.4 Å². The number of hydrogen-bond donors (Lipinski definition) is 1. The van der Waals surface area contributed by atoms with Crippen molar-refractivity contribution in [1.29, 1.82) is 0 Å². The Morgan fingerprint density at radius 1 is 1.39 bits per heavy atom. The second-order valence-electron chi connectivity index (χ2n) is 4.26. The van der Waals surface area contributed by atoms with Gasteiger partial charge in [-0.3, -0.25) is 4.57 Å². The van der Waals surface area contributed by atoms with Crippen molar-refractivity contribution in [2.45, 2.75) is 39.9 Å². The van der Waals surface area contributed by atoms with E-state index in [4.69, 9.17) is 27.0 Å². The molecule has 2 N–H and O–H groups in total. The monoisotopic (exact) mass is 295 g/mol. The van der Waals surface area contributed by atoms with Gasteiger partial charge < -0.3 is 14.8 Å². The molecule has 0 aliphatic carbocycles. The molecule has 0 spiro atoms. The van der Waals surface area contributed by atoms with Gasteiger partial charge in [0.1, 0.15) is 0 Å². The molecule has 0 aliphatic rings. The van der Waals surface area contributed by atoms with Crippen molar-refractivity contribution in [1.82, 2.24) is 5.01 Å². The molecule has 0 saturated carbocycles. The summed E-state index contributed by atoms with van der Waals surface area (Å²) in [4.78, 5) is 0. The lowest BCUT2D eigenvalue weighted by atomic mass is 10.5. The van der Waals surface area contributed by atoms with E-state index in [-0.39, 0.29) is 23.5 Å². The number of nitrogens with zero attached hydrogens (tertiary/aromatic N) is 2. The topological polar surface area (TPSA) is 77.2 Å². The Balaban J connectivity index is 4.60. The zero-order chi connectivity index (χ0) is 14.3. The average Bonchev–Trinajstić information content (AvgIpc) is 2.13. The van der Waals surface area contributed by atoms with Gasteiger partial charge in [0, 0.05) is 13.3 Å². The fraction of sp³-hybridized carbons (Fsp3) is 0.800. The van der Waals surface area contributed by atoms with Crippen LogP contribution in [0.1, 0.15) is 27.7 Å². The molecule has 0 aromatic rings. The molecule has 8 heteroatoms. The third-order valence-corrected chi connectivity index (χ3v) is 3.98.